The summed E-state index contributed by atoms with van der Waals surface area (Å²) in [5.41, 5.74) is 0.648. The Hall–Kier alpha value is -1.88. The van der Waals surface area contributed by atoms with Gasteiger partial charge in [0.25, 0.3) is 0 Å². The molecule has 0 saturated carbocycles. The molecular formula is C14H10F2O2S. The van der Waals surface area contributed by atoms with Crippen LogP contribution in [0.15, 0.2) is 46.2 Å². The summed E-state index contributed by atoms with van der Waals surface area (Å²) in [6.45, 7) is 1.91. The van der Waals surface area contributed by atoms with Crippen LogP contribution in [0.1, 0.15) is 15.9 Å². The topological polar surface area (TPSA) is 37.3 Å². The number of benzene rings is 2. The molecule has 2 aromatic rings. The fraction of sp³-hybridized carbons (Fsp3) is 0.0714. The van der Waals surface area contributed by atoms with Crippen LogP contribution in [0.4, 0.5) is 8.78 Å². The van der Waals surface area contributed by atoms with Crippen molar-refractivity contribution in [3.63, 3.8) is 0 Å². The number of aryl methyl sites for hydroxylation is 1. The Morgan fingerprint density at radius 3 is 2.11 bits per heavy atom. The molecule has 19 heavy (non-hydrogen) atoms. The zero-order valence-electron chi connectivity index (χ0n) is 9.98. The summed E-state index contributed by atoms with van der Waals surface area (Å²) in [6, 6.07) is 8.82. The second-order valence-electron chi connectivity index (χ2n) is 3.99. The first-order valence-corrected chi connectivity index (χ1v) is 6.26. The van der Waals surface area contributed by atoms with Crippen LogP contribution in [0, 0.1) is 18.6 Å². The molecule has 0 unspecified atom stereocenters. The van der Waals surface area contributed by atoms with E-state index in [1.54, 1.807) is 12.1 Å². The number of carboxylic acids is 1. The van der Waals surface area contributed by atoms with E-state index >= 15 is 0 Å². The van der Waals surface area contributed by atoms with E-state index in [1.165, 1.54) is 0 Å². The number of hydrogen-bond donors (Lipinski definition) is 1. The Balaban J connectivity index is 2.35. The molecule has 0 amide bonds. The average Bonchev–Trinajstić information content (AvgIpc) is 2.35. The summed E-state index contributed by atoms with van der Waals surface area (Å²) in [5, 5.41) is 8.70. The fourth-order valence-electron chi connectivity index (χ4n) is 1.51. The lowest BCUT2D eigenvalue weighted by atomic mass is 10.2. The summed E-state index contributed by atoms with van der Waals surface area (Å²) in [7, 11) is 0. The quantitative estimate of drug-likeness (QED) is 0.918. The monoisotopic (exact) mass is 280 g/mol. The molecule has 0 aliphatic heterocycles. The van der Waals surface area contributed by atoms with E-state index in [2.05, 4.69) is 0 Å². The third-order valence-corrected chi connectivity index (χ3v) is 3.59. The summed E-state index contributed by atoms with van der Waals surface area (Å²) in [4.78, 5) is 11.2. The zero-order valence-corrected chi connectivity index (χ0v) is 10.8. The Labute approximate surface area is 113 Å². The molecule has 0 fully saturated rings. The van der Waals surface area contributed by atoms with Crippen molar-refractivity contribution < 1.29 is 18.7 Å². The SMILES string of the molecule is Cc1ccc(Sc2c(F)cc(C(=O)O)cc2F)cc1. The van der Waals surface area contributed by atoms with Crippen LogP contribution in [0.25, 0.3) is 0 Å². The lowest BCUT2D eigenvalue weighted by Crippen LogP contribution is -2.00. The fourth-order valence-corrected chi connectivity index (χ4v) is 2.33. The minimum Gasteiger partial charge on any atom is -0.478 e. The molecule has 0 aliphatic rings. The number of carbonyl (C=O) groups is 1. The maximum absolute atomic E-state index is 13.7. The number of rotatable bonds is 3. The third-order valence-electron chi connectivity index (χ3n) is 2.49. The van der Waals surface area contributed by atoms with Crippen LogP contribution in [0.5, 0.6) is 0 Å². The summed E-state index contributed by atoms with van der Waals surface area (Å²) in [5.74, 6) is -3.10. The molecule has 2 aromatic carbocycles. The molecule has 0 heterocycles. The molecule has 0 radical (unpaired) electrons. The smallest absolute Gasteiger partial charge is 0.335 e. The molecule has 0 atom stereocenters. The molecule has 2 nitrogen and oxygen atoms in total. The van der Waals surface area contributed by atoms with Gasteiger partial charge in [-0.1, -0.05) is 29.5 Å². The van der Waals surface area contributed by atoms with E-state index in [9.17, 15) is 13.6 Å². The highest BCUT2D eigenvalue weighted by Crippen LogP contribution is 2.32. The van der Waals surface area contributed by atoms with Crippen molar-refractivity contribution in [1.29, 1.82) is 0 Å². The normalized spacial score (nSPS) is 10.5. The van der Waals surface area contributed by atoms with Gasteiger partial charge < -0.3 is 5.11 Å². The van der Waals surface area contributed by atoms with Gasteiger partial charge in [0.2, 0.25) is 0 Å². The van der Waals surface area contributed by atoms with Gasteiger partial charge in [0.15, 0.2) is 0 Å². The molecule has 0 aliphatic carbocycles. The predicted octanol–water partition coefficient (Wildman–Crippen LogP) is 4.12. The van der Waals surface area contributed by atoms with Gasteiger partial charge >= 0.3 is 5.97 Å². The second kappa shape index (κ2) is 5.40. The van der Waals surface area contributed by atoms with Crippen LogP contribution in [0.2, 0.25) is 0 Å². The van der Waals surface area contributed by atoms with Gasteiger partial charge in [0.1, 0.15) is 11.6 Å². The summed E-state index contributed by atoms with van der Waals surface area (Å²) >= 11 is 0.927. The van der Waals surface area contributed by atoms with Crippen molar-refractivity contribution in [2.24, 2.45) is 0 Å². The van der Waals surface area contributed by atoms with Gasteiger partial charge in [-0.3, -0.25) is 0 Å². The van der Waals surface area contributed by atoms with E-state index in [4.69, 9.17) is 5.11 Å². The number of hydrogen-bond acceptors (Lipinski definition) is 2. The number of aromatic carboxylic acids is 1. The van der Waals surface area contributed by atoms with Gasteiger partial charge in [-0.25, -0.2) is 13.6 Å². The Morgan fingerprint density at radius 2 is 1.63 bits per heavy atom. The van der Waals surface area contributed by atoms with E-state index in [-0.39, 0.29) is 4.90 Å². The average molecular weight is 280 g/mol. The Kier molecular flexibility index (Phi) is 3.85. The van der Waals surface area contributed by atoms with Crippen LogP contribution in [0.3, 0.4) is 0 Å². The Bertz CT molecular complexity index is 601. The van der Waals surface area contributed by atoms with Gasteiger partial charge in [0.05, 0.1) is 10.5 Å². The minimum absolute atomic E-state index is 0.200. The van der Waals surface area contributed by atoms with Crippen molar-refractivity contribution in [2.45, 2.75) is 16.7 Å². The van der Waals surface area contributed by atoms with Gasteiger partial charge in [-0.05, 0) is 31.2 Å². The van der Waals surface area contributed by atoms with Crippen molar-refractivity contribution in [1.82, 2.24) is 0 Å². The molecular weight excluding hydrogens is 270 g/mol. The van der Waals surface area contributed by atoms with E-state index in [0.29, 0.717) is 4.90 Å². The lowest BCUT2D eigenvalue weighted by molar-refractivity contribution is 0.0695. The van der Waals surface area contributed by atoms with Crippen molar-refractivity contribution in [3.05, 3.63) is 59.2 Å². The first-order valence-electron chi connectivity index (χ1n) is 5.44. The Morgan fingerprint density at radius 1 is 1.11 bits per heavy atom. The third kappa shape index (κ3) is 3.12. The van der Waals surface area contributed by atoms with E-state index in [0.717, 1.165) is 29.5 Å². The zero-order chi connectivity index (χ0) is 14.0. The highest BCUT2D eigenvalue weighted by Gasteiger charge is 2.15. The van der Waals surface area contributed by atoms with Crippen molar-refractivity contribution in [3.8, 4) is 0 Å². The van der Waals surface area contributed by atoms with Crippen LogP contribution in [-0.4, -0.2) is 11.1 Å². The van der Waals surface area contributed by atoms with Crippen LogP contribution in [-0.2, 0) is 0 Å². The molecule has 2 rings (SSSR count). The first-order chi connectivity index (χ1) is 8.97. The van der Waals surface area contributed by atoms with Gasteiger partial charge in [-0.2, -0.15) is 0 Å². The van der Waals surface area contributed by atoms with Gasteiger partial charge in [-0.15, -0.1) is 0 Å². The molecule has 0 spiro atoms. The van der Waals surface area contributed by atoms with E-state index < -0.39 is 23.2 Å². The van der Waals surface area contributed by atoms with Crippen LogP contribution >= 0.6 is 11.8 Å². The second-order valence-corrected chi connectivity index (χ2v) is 5.07. The highest BCUT2D eigenvalue weighted by molar-refractivity contribution is 7.99. The molecule has 0 aromatic heterocycles. The van der Waals surface area contributed by atoms with Crippen molar-refractivity contribution >= 4 is 17.7 Å². The van der Waals surface area contributed by atoms with Crippen molar-refractivity contribution in [2.75, 3.05) is 0 Å². The minimum atomic E-state index is -1.36. The largest absolute Gasteiger partial charge is 0.478 e. The van der Waals surface area contributed by atoms with E-state index in [1.807, 2.05) is 19.1 Å². The molecule has 1 N–H and O–H groups in total. The molecule has 0 saturated heterocycles. The molecule has 5 heteroatoms. The predicted molar refractivity (Wildman–Crippen MR) is 68.6 cm³/mol. The number of carboxylic acid groups (broad SMARTS) is 1. The lowest BCUT2D eigenvalue weighted by Gasteiger charge is -2.06. The molecule has 98 valence electrons. The summed E-state index contributed by atoms with van der Waals surface area (Å²) < 4.78 is 27.4. The maximum atomic E-state index is 13.7. The number of halogens is 2. The maximum Gasteiger partial charge on any atom is 0.335 e. The summed E-state index contributed by atoms with van der Waals surface area (Å²) in [6.07, 6.45) is 0. The highest BCUT2D eigenvalue weighted by atomic mass is 32.2. The molecule has 0 bridgehead atoms. The first kappa shape index (κ1) is 13.5. The van der Waals surface area contributed by atoms with Gasteiger partial charge in [0, 0.05) is 4.90 Å². The standard InChI is InChI=1S/C14H10F2O2S/c1-8-2-4-10(5-3-8)19-13-11(15)6-9(14(17)18)7-12(13)16/h2-7H,1H3,(H,17,18). The van der Waals surface area contributed by atoms with Crippen LogP contribution < -0.4 is 0 Å².